The van der Waals surface area contributed by atoms with E-state index >= 15 is 0 Å². The predicted molar refractivity (Wildman–Crippen MR) is 69.2 cm³/mol. The number of alkyl halides is 3. The SMILES string of the molecule is CS(=O)(=O)c1ccc2[nH]cc(CNCC(F)(F)F)c2c1. The lowest BCUT2D eigenvalue weighted by atomic mass is 10.2. The summed E-state index contributed by atoms with van der Waals surface area (Å²) in [7, 11) is -3.35. The fourth-order valence-electron chi connectivity index (χ4n) is 1.87. The quantitative estimate of drug-likeness (QED) is 0.910. The minimum absolute atomic E-state index is 0.00667. The van der Waals surface area contributed by atoms with Crippen molar-refractivity contribution in [3.63, 3.8) is 0 Å². The molecule has 0 saturated heterocycles. The molecule has 4 nitrogen and oxygen atoms in total. The molecule has 110 valence electrons. The van der Waals surface area contributed by atoms with Gasteiger partial charge in [0.1, 0.15) is 0 Å². The summed E-state index contributed by atoms with van der Waals surface area (Å²) in [6.45, 7) is -1.09. The van der Waals surface area contributed by atoms with Gasteiger partial charge in [0.25, 0.3) is 0 Å². The first-order valence-corrected chi connectivity index (χ1v) is 7.63. The van der Waals surface area contributed by atoms with Crippen molar-refractivity contribution in [1.29, 1.82) is 0 Å². The maximum Gasteiger partial charge on any atom is 0.401 e. The summed E-state index contributed by atoms with van der Waals surface area (Å²) >= 11 is 0. The van der Waals surface area contributed by atoms with Crippen LogP contribution in [0.3, 0.4) is 0 Å². The second-order valence-electron chi connectivity index (χ2n) is 4.51. The van der Waals surface area contributed by atoms with Gasteiger partial charge in [0.2, 0.25) is 0 Å². The van der Waals surface area contributed by atoms with E-state index in [-0.39, 0.29) is 11.4 Å². The number of aromatic nitrogens is 1. The number of sulfone groups is 1. The topological polar surface area (TPSA) is 62.0 Å². The van der Waals surface area contributed by atoms with E-state index in [1.807, 2.05) is 0 Å². The fraction of sp³-hybridized carbons (Fsp3) is 0.333. The molecule has 20 heavy (non-hydrogen) atoms. The zero-order valence-electron chi connectivity index (χ0n) is 10.6. The van der Waals surface area contributed by atoms with Gasteiger partial charge in [-0.05, 0) is 23.8 Å². The third kappa shape index (κ3) is 3.51. The number of benzene rings is 1. The number of H-pyrrole nitrogens is 1. The van der Waals surface area contributed by atoms with Crippen molar-refractivity contribution < 1.29 is 21.6 Å². The van der Waals surface area contributed by atoms with Gasteiger partial charge >= 0.3 is 6.18 Å². The number of aromatic amines is 1. The van der Waals surface area contributed by atoms with Crippen LogP contribution in [0.2, 0.25) is 0 Å². The van der Waals surface area contributed by atoms with Gasteiger partial charge in [-0.3, -0.25) is 0 Å². The first-order valence-electron chi connectivity index (χ1n) is 5.74. The van der Waals surface area contributed by atoms with E-state index in [4.69, 9.17) is 0 Å². The average molecular weight is 306 g/mol. The van der Waals surface area contributed by atoms with Crippen LogP contribution in [-0.2, 0) is 16.4 Å². The van der Waals surface area contributed by atoms with Gasteiger partial charge in [0.05, 0.1) is 11.4 Å². The molecule has 1 aromatic carbocycles. The summed E-state index contributed by atoms with van der Waals surface area (Å²) < 4.78 is 59.2. The molecule has 1 aromatic heterocycles. The van der Waals surface area contributed by atoms with E-state index in [1.165, 1.54) is 12.1 Å². The lowest BCUT2D eigenvalue weighted by molar-refractivity contribution is -0.125. The summed E-state index contributed by atoms with van der Waals surface area (Å²) in [4.78, 5) is 3.04. The lowest BCUT2D eigenvalue weighted by Crippen LogP contribution is -2.28. The maximum absolute atomic E-state index is 12.1. The van der Waals surface area contributed by atoms with Gasteiger partial charge < -0.3 is 10.3 Å². The van der Waals surface area contributed by atoms with Crippen LogP contribution in [0.5, 0.6) is 0 Å². The van der Waals surface area contributed by atoms with Crippen LogP contribution in [-0.4, -0.2) is 32.4 Å². The molecule has 1 heterocycles. The van der Waals surface area contributed by atoms with Crippen molar-refractivity contribution in [2.45, 2.75) is 17.6 Å². The number of rotatable bonds is 4. The van der Waals surface area contributed by atoms with Crippen LogP contribution >= 0.6 is 0 Å². The number of hydrogen-bond acceptors (Lipinski definition) is 3. The van der Waals surface area contributed by atoms with E-state index in [1.54, 1.807) is 12.3 Å². The Balaban J connectivity index is 2.26. The average Bonchev–Trinajstić information content (AvgIpc) is 2.69. The number of halogens is 3. The smallest absolute Gasteiger partial charge is 0.361 e. The lowest BCUT2D eigenvalue weighted by Gasteiger charge is -2.07. The minimum atomic E-state index is -4.27. The molecular formula is C12H13F3N2O2S. The molecule has 0 spiro atoms. The second kappa shape index (κ2) is 5.10. The van der Waals surface area contributed by atoms with Crippen LogP contribution < -0.4 is 5.32 Å². The largest absolute Gasteiger partial charge is 0.401 e. The monoisotopic (exact) mass is 306 g/mol. The molecule has 0 radical (unpaired) electrons. The van der Waals surface area contributed by atoms with Crippen molar-refractivity contribution in [2.24, 2.45) is 0 Å². The van der Waals surface area contributed by atoms with Gasteiger partial charge in [-0.25, -0.2) is 8.42 Å². The Bertz CT molecular complexity index is 720. The van der Waals surface area contributed by atoms with E-state index in [0.717, 1.165) is 6.26 Å². The van der Waals surface area contributed by atoms with Crippen molar-refractivity contribution in [3.8, 4) is 0 Å². The van der Waals surface area contributed by atoms with E-state index < -0.39 is 22.6 Å². The summed E-state index contributed by atoms with van der Waals surface area (Å²) in [5.74, 6) is 0. The number of nitrogens with one attached hydrogen (secondary N) is 2. The highest BCUT2D eigenvalue weighted by Crippen LogP contribution is 2.22. The fourth-order valence-corrected chi connectivity index (χ4v) is 2.52. The van der Waals surface area contributed by atoms with Crippen molar-refractivity contribution >= 4 is 20.7 Å². The summed E-state index contributed by atoms with van der Waals surface area (Å²) in [6, 6.07) is 4.52. The highest BCUT2D eigenvalue weighted by molar-refractivity contribution is 7.90. The van der Waals surface area contributed by atoms with Crippen molar-refractivity contribution in [1.82, 2.24) is 10.3 Å². The molecule has 0 amide bonds. The minimum Gasteiger partial charge on any atom is -0.361 e. The van der Waals surface area contributed by atoms with E-state index in [0.29, 0.717) is 16.5 Å². The van der Waals surface area contributed by atoms with Crippen LogP contribution in [0.1, 0.15) is 5.56 Å². The number of hydrogen-bond donors (Lipinski definition) is 2. The zero-order chi connectivity index (χ0) is 15.0. The highest BCUT2D eigenvalue weighted by atomic mass is 32.2. The Hall–Kier alpha value is -1.54. The summed E-state index contributed by atoms with van der Waals surface area (Å²) in [6.07, 6.45) is -1.62. The molecule has 2 N–H and O–H groups in total. The van der Waals surface area contributed by atoms with Crippen molar-refractivity contribution in [2.75, 3.05) is 12.8 Å². The molecule has 0 unspecified atom stereocenters. The normalized spacial score (nSPS) is 13.0. The van der Waals surface area contributed by atoms with Gasteiger partial charge in [-0.2, -0.15) is 13.2 Å². The Morgan fingerprint density at radius 3 is 2.60 bits per heavy atom. The molecule has 0 fully saturated rings. The van der Waals surface area contributed by atoms with Gasteiger partial charge in [-0.15, -0.1) is 0 Å². The van der Waals surface area contributed by atoms with Crippen LogP contribution in [0.25, 0.3) is 10.9 Å². The van der Waals surface area contributed by atoms with Crippen LogP contribution in [0, 0.1) is 0 Å². The predicted octanol–water partition coefficient (Wildman–Crippen LogP) is 2.22. The summed E-state index contributed by atoms with van der Waals surface area (Å²) in [5.41, 5.74) is 1.27. The third-order valence-corrected chi connectivity index (χ3v) is 3.92. The van der Waals surface area contributed by atoms with Crippen LogP contribution in [0.4, 0.5) is 13.2 Å². The summed E-state index contributed by atoms with van der Waals surface area (Å²) in [5, 5.41) is 2.88. The van der Waals surface area contributed by atoms with E-state index in [9.17, 15) is 21.6 Å². The molecule has 0 saturated carbocycles. The molecule has 2 aromatic rings. The molecule has 0 bridgehead atoms. The molecule has 8 heteroatoms. The Morgan fingerprint density at radius 2 is 2.00 bits per heavy atom. The number of fused-ring (bicyclic) bond motifs is 1. The molecule has 0 aliphatic heterocycles. The maximum atomic E-state index is 12.1. The Labute approximate surface area is 113 Å². The zero-order valence-corrected chi connectivity index (χ0v) is 11.4. The van der Waals surface area contributed by atoms with Gasteiger partial charge in [0, 0.05) is 29.9 Å². The molecule has 0 atom stereocenters. The first kappa shape index (κ1) is 14.9. The standard InChI is InChI=1S/C12H13F3N2O2S/c1-20(18,19)9-2-3-11-10(4-9)8(6-17-11)5-16-7-12(13,14)15/h2-4,6,16-17H,5,7H2,1H3. The molecule has 2 rings (SSSR count). The van der Waals surface area contributed by atoms with E-state index in [2.05, 4.69) is 10.3 Å². The van der Waals surface area contributed by atoms with Crippen LogP contribution in [0.15, 0.2) is 29.3 Å². The van der Waals surface area contributed by atoms with Crippen molar-refractivity contribution in [3.05, 3.63) is 30.0 Å². The third-order valence-electron chi connectivity index (χ3n) is 2.81. The van der Waals surface area contributed by atoms with Gasteiger partial charge in [-0.1, -0.05) is 0 Å². The Morgan fingerprint density at radius 1 is 1.30 bits per heavy atom. The highest BCUT2D eigenvalue weighted by Gasteiger charge is 2.26. The molecule has 0 aliphatic rings. The Kier molecular flexibility index (Phi) is 3.79. The second-order valence-corrected chi connectivity index (χ2v) is 6.53. The molecule has 0 aliphatic carbocycles. The first-order chi connectivity index (χ1) is 9.17. The van der Waals surface area contributed by atoms with Gasteiger partial charge in [0.15, 0.2) is 9.84 Å². The molecular weight excluding hydrogens is 293 g/mol.